The van der Waals surface area contributed by atoms with E-state index >= 15 is 0 Å². The van der Waals surface area contributed by atoms with E-state index in [0.717, 1.165) is 0 Å². The summed E-state index contributed by atoms with van der Waals surface area (Å²) in [6, 6.07) is 7.43. The molecule has 2 rings (SSSR count). The third kappa shape index (κ3) is 3.44. The van der Waals surface area contributed by atoms with Crippen LogP contribution in [-0.2, 0) is 10.0 Å². The van der Waals surface area contributed by atoms with E-state index in [1.807, 2.05) is 0 Å². The maximum absolute atomic E-state index is 12.4. The van der Waals surface area contributed by atoms with E-state index in [-0.39, 0.29) is 31.3 Å². The lowest BCUT2D eigenvalue weighted by molar-refractivity contribution is 0.600. The molecule has 5 nitrogen and oxygen atoms in total. The number of hydrogen-bond acceptors (Lipinski definition) is 4. The molecule has 21 heavy (non-hydrogen) atoms. The van der Waals surface area contributed by atoms with Crippen molar-refractivity contribution in [2.45, 2.75) is 4.90 Å². The van der Waals surface area contributed by atoms with E-state index < -0.39 is 10.0 Å². The van der Waals surface area contributed by atoms with Gasteiger partial charge in [-0.1, -0.05) is 41.5 Å². The van der Waals surface area contributed by atoms with Crippen LogP contribution in [0.15, 0.2) is 41.4 Å². The molecule has 2 aromatic rings. The van der Waals surface area contributed by atoms with Crippen molar-refractivity contribution in [2.24, 2.45) is 5.73 Å². The minimum absolute atomic E-state index is 0.0122. The smallest absolute Gasteiger partial charge is 0.264 e. The minimum atomic E-state index is -3.95. The van der Waals surface area contributed by atoms with Crippen molar-refractivity contribution >= 4 is 56.1 Å². The lowest BCUT2D eigenvalue weighted by Crippen LogP contribution is -2.21. The molecule has 110 valence electrons. The van der Waals surface area contributed by atoms with Crippen molar-refractivity contribution in [3.63, 3.8) is 0 Å². The summed E-state index contributed by atoms with van der Waals surface area (Å²) in [6.07, 6.45) is 1.40. The van der Waals surface area contributed by atoms with E-state index in [9.17, 15) is 8.42 Å². The van der Waals surface area contributed by atoms with Gasteiger partial charge < -0.3 is 5.73 Å². The Hall–Kier alpha value is -1.41. The molecule has 0 unspecified atom stereocenters. The molecule has 0 amide bonds. The summed E-state index contributed by atoms with van der Waals surface area (Å²) < 4.78 is 27.2. The highest BCUT2D eigenvalue weighted by Gasteiger charge is 2.22. The van der Waals surface area contributed by atoms with Crippen LogP contribution in [0.2, 0.25) is 10.0 Å². The molecule has 0 aliphatic heterocycles. The maximum atomic E-state index is 12.4. The fraction of sp³-hybridized carbons (Fsp3) is 0. The van der Waals surface area contributed by atoms with Gasteiger partial charge in [-0.25, -0.2) is 8.42 Å². The van der Waals surface area contributed by atoms with Gasteiger partial charge in [-0.05, 0) is 24.3 Å². The van der Waals surface area contributed by atoms with Crippen LogP contribution in [0.5, 0.6) is 0 Å². The Labute approximate surface area is 137 Å². The average Bonchev–Trinajstić information content (AvgIpc) is 2.44. The summed E-state index contributed by atoms with van der Waals surface area (Å²) in [7, 11) is -3.95. The van der Waals surface area contributed by atoms with Crippen LogP contribution in [0, 0.1) is 0 Å². The van der Waals surface area contributed by atoms with Gasteiger partial charge in [-0.3, -0.25) is 9.71 Å². The largest absolute Gasteiger partial charge is 0.388 e. The Morgan fingerprint density at radius 1 is 1.24 bits per heavy atom. The number of thiocarbonyl (C=S) groups is 1. The van der Waals surface area contributed by atoms with Gasteiger partial charge in [0.15, 0.2) is 0 Å². The summed E-state index contributed by atoms with van der Waals surface area (Å²) in [5.41, 5.74) is 5.65. The highest BCUT2D eigenvalue weighted by molar-refractivity contribution is 7.93. The highest BCUT2D eigenvalue weighted by atomic mass is 35.5. The van der Waals surface area contributed by atoms with E-state index in [2.05, 4.69) is 9.71 Å². The summed E-state index contributed by atoms with van der Waals surface area (Å²) in [5.74, 6) is 0. The fourth-order valence-corrected chi connectivity index (χ4v) is 3.45. The second-order valence-corrected chi connectivity index (χ2v) is 6.80. The van der Waals surface area contributed by atoms with Crippen molar-refractivity contribution in [2.75, 3.05) is 4.72 Å². The first-order valence-corrected chi connectivity index (χ1v) is 8.19. The summed E-state index contributed by atoms with van der Waals surface area (Å²) >= 11 is 16.6. The Morgan fingerprint density at radius 2 is 1.95 bits per heavy atom. The van der Waals surface area contributed by atoms with Crippen LogP contribution in [0.3, 0.4) is 0 Å². The molecule has 0 atom stereocenters. The van der Waals surface area contributed by atoms with Gasteiger partial charge in [-0.2, -0.15) is 0 Å². The third-order valence-corrected chi connectivity index (χ3v) is 4.90. The SMILES string of the molecule is NC(=S)c1ncccc1S(=O)(=O)Nc1cccc(Cl)c1Cl. The van der Waals surface area contributed by atoms with Crippen LogP contribution < -0.4 is 10.5 Å². The molecule has 1 aromatic heterocycles. The molecule has 9 heteroatoms. The molecule has 0 radical (unpaired) electrons. The normalized spacial score (nSPS) is 11.1. The number of sulfonamides is 1. The number of nitrogens with two attached hydrogens (primary N) is 1. The number of nitrogens with one attached hydrogen (secondary N) is 1. The van der Waals surface area contributed by atoms with E-state index in [1.54, 1.807) is 12.1 Å². The molecule has 0 aliphatic rings. The third-order valence-electron chi connectivity index (χ3n) is 2.49. The van der Waals surface area contributed by atoms with E-state index in [1.165, 1.54) is 24.4 Å². The van der Waals surface area contributed by atoms with Crippen LogP contribution in [0.4, 0.5) is 5.69 Å². The average molecular weight is 362 g/mol. The second-order valence-electron chi connectivity index (χ2n) is 3.92. The van der Waals surface area contributed by atoms with Gasteiger partial charge >= 0.3 is 0 Å². The first-order valence-electron chi connectivity index (χ1n) is 5.54. The van der Waals surface area contributed by atoms with Crippen molar-refractivity contribution in [1.82, 2.24) is 4.98 Å². The predicted molar refractivity (Wildman–Crippen MR) is 87.4 cm³/mol. The number of aromatic nitrogens is 1. The Morgan fingerprint density at radius 3 is 2.62 bits per heavy atom. The minimum Gasteiger partial charge on any atom is -0.388 e. The van der Waals surface area contributed by atoms with E-state index in [4.69, 9.17) is 41.2 Å². The lowest BCUT2D eigenvalue weighted by atomic mass is 10.3. The van der Waals surface area contributed by atoms with Crippen molar-refractivity contribution in [3.8, 4) is 0 Å². The van der Waals surface area contributed by atoms with Crippen LogP contribution in [0.25, 0.3) is 0 Å². The van der Waals surface area contributed by atoms with Crippen molar-refractivity contribution in [3.05, 3.63) is 52.3 Å². The zero-order valence-corrected chi connectivity index (χ0v) is 13.5. The Bertz CT molecular complexity index is 810. The fourth-order valence-electron chi connectivity index (χ4n) is 1.57. The highest BCUT2D eigenvalue weighted by Crippen LogP contribution is 2.31. The Kier molecular flexibility index (Phi) is 4.67. The first-order chi connectivity index (χ1) is 9.83. The van der Waals surface area contributed by atoms with E-state index in [0.29, 0.717) is 0 Å². The van der Waals surface area contributed by atoms with Gasteiger partial charge in [0.1, 0.15) is 15.6 Å². The summed E-state index contributed by atoms with van der Waals surface area (Å²) in [5, 5.41) is 0.334. The molecule has 0 saturated carbocycles. The van der Waals surface area contributed by atoms with Crippen LogP contribution in [0.1, 0.15) is 5.69 Å². The topological polar surface area (TPSA) is 85.1 Å². The van der Waals surface area contributed by atoms with Gasteiger partial charge in [0, 0.05) is 6.20 Å². The second kappa shape index (κ2) is 6.15. The first kappa shape index (κ1) is 16.0. The van der Waals surface area contributed by atoms with Crippen molar-refractivity contribution < 1.29 is 8.42 Å². The molecular formula is C12H9Cl2N3O2S2. The van der Waals surface area contributed by atoms with Gasteiger partial charge in [0.05, 0.1) is 15.7 Å². The molecule has 1 aromatic carbocycles. The molecule has 0 saturated heterocycles. The molecule has 0 fully saturated rings. The summed E-state index contributed by atoms with van der Waals surface area (Å²) in [4.78, 5) is 3.63. The molecule has 0 spiro atoms. The zero-order valence-electron chi connectivity index (χ0n) is 10.4. The standard InChI is InChI=1S/C12H9Cl2N3O2S2/c13-7-3-1-4-8(10(7)14)17-21(18,19)9-5-2-6-16-11(9)12(15)20/h1-6,17H,(H2,15,20). The zero-order chi connectivity index (χ0) is 15.6. The van der Waals surface area contributed by atoms with Gasteiger partial charge in [0.2, 0.25) is 0 Å². The Balaban J connectivity index is 2.49. The van der Waals surface area contributed by atoms with Crippen molar-refractivity contribution in [1.29, 1.82) is 0 Å². The predicted octanol–water partition coefficient (Wildman–Crippen LogP) is 2.82. The molecular weight excluding hydrogens is 353 g/mol. The quantitative estimate of drug-likeness (QED) is 0.817. The number of anilines is 1. The number of rotatable bonds is 4. The number of pyridine rings is 1. The molecule has 3 N–H and O–H groups in total. The number of nitrogens with zero attached hydrogens (tertiary/aromatic N) is 1. The molecule has 0 bridgehead atoms. The summed E-state index contributed by atoms with van der Waals surface area (Å²) in [6.45, 7) is 0. The van der Waals surface area contributed by atoms with Gasteiger partial charge in [-0.15, -0.1) is 0 Å². The monoisotopic (exact) mass is 361 g/mol. The number of halogens is 2. The lowest BCUT2D eigenvalue weighted by Gasteiger charge is -2.12. The maximum Gasteiger partial charge on any atom is 0.264 e. The number of benzene rings is 1. The van der Waals surface area contributed by atoms with Crippen LogP contribution in [-0.4, -0.2) is 18.4 Å². The van der Waals surface area contributed by atoms with Gasteiger partial charge in [0.25, 0.3) is 10.0 Å². The van der Waals surface area contributed by atoms with Crippen LogP contribution >= 0.6 is 35.4 Å². The molecule has 0 aliphatic carbocycles. The molecule has 1 heterocycles. The number of hydrogen-bond donors (Lipinski definition) is 2.